The lowest BCUT2D eigenvalue weighted by Crippen LogP contribution is -2.46. The number of furan rings is 1. The third-order valence-electron chi connectivity index (χ3n) is 5.07. The van der Waals surface area contributed by atoms with Crippen LogP contribution < -0.4 is 0 Å². The second-order valence-corrected chi connectivity index (χ2v) is 8.58. The Labute approximate surface area is 191 Å². The summed E-state index contributed by atoms with van der Waals surface area (Å²) in [6, 6.07) is 20.8. The summed E-state index contributed by atoms with van der Waals surface area (Å²) in [6.45, 7) is 4.77. The van der Waals surface area contributed by atoms with Gasteiger partial charge in [-0.3, -0.25) is 9.59 Å². The fraction of sp³-hybridized carbons (Fsp3) is 0.280. The molecule has 0 bridgehead atoms. The van der Waals surface area contributed by atoms with Gasteiger partial charge in [0.25, 0.3) is 5.91 Å². The second-order valence-electron chi connectivity index (χ2n) is 7.66. The van der Waals surface area contributed by atoms with Crippen molar-refractivity contribution in [1.29, 1.82) is 0 Å². The predicted molar refractivity (Wildman–Crippen MR) is 125 cm³/mol. The van der Waals surface area contributed by atoms with E-state index < -0.39 is 0 Å². The predicted octanol–water partition coefficient (Wildman–Crippen LogP) is 5.16. The highest BCUT2D eigenvalue weighted by atomic mass is 79.9. The Bertz CT molecular complexity index is 970. The molecular weight excluding hydrogens is 456 g/mol. The molecule has 0 radical (unpaired) electrons. The van der Waals surface area contributed by atoms with Gasteiger partial charge in [-0.05, 0) is 62.2 Å². The maximum absolute atomic E-state index is 13.3. The molecule has 0 saturated carbocycles. The smallest absolute Gasteiger partial charge is 0.254 e. The first-order valence-electron chi connectivity index (χ1n) is 10.3. The van der Waals surface area contributed by atoms with Crippen LogP contribution in [0.25, 0.3) is 0 Å². The van der Waals surface area contributed by atoms with Gasteiger partial charge >= 0.3 is 0 Å². The molecule has 3 rings (SSSR count). The van der Waals surface area contributed by atoms with E-state index in [1.54, 1.807) is 28.2 Å². The molecule has 0 unspecified atom stereocenters. The molecule has 0 saturated heterocycles. The van der Waals surface area contributed by atoms with E-state index in [0.717, 1.165) is 22.2 Å². The lowest BCUT2D eigenvalue weighted by molar-refractivity contribution is -0.133. The van der Waals surface area contributed by atoms with Gasteiger partial charge in [-0.2, -0.15) is 0 Å². The van der Waals surface area contributed by atoms with E-state index in [2.05, 4.69) is 15.9 Å². The summed E-state index contributed by atoms with van der Waals surface area (Å²) >= 11 is 3.39. The third kappa shape index (κ3) is 6.56. The molecule has 0 N–H and O–H groups in total. The van der Waals surface area contributed by atoms with E-state index in [1.807, 2.05) is 68.4 Å². The summed E-state index contributed by atoms with van der Waals surface area (Å²) in [6.07, 6.45) is 2.34. The van der Waals surface area contributed by atoms with Crippen LogP contribution in [0.4, 0.5) is 0 Å². The van der Waals surface area contributed by atoms with Gasteiger partial charge in [0.1, 0.15) is 12.3 Å². The number of halogens is 1. The number of carbonyl (C=O) groups is 2. The summed E-state index contributed by atoms with van der Waals surface area (Å²) in [4.78, 5) is 29.7. The molecule has 31 heavy (non-hydrogen) atoms. The molecule has 0 fully saturated rings. The Morgan fingerprint density at radius 3 is 2.29 bits per heavy atom. The highest BCUT2D eigenvalue weighted by Gasteiger charge is 2.25. The van der Waals surface area contributed by atoms with Gasteiger partial charge in [-0.25, -0.2) is 0 Å². The zero-order valence-corrected chi connectivity index (χ0v) is 19.4. The molecule has 0 aliphatic heterocycles. The van der Waals surface area contributed by atoms with Crippen molar-refractivity contribution in [2.75, 3.05) is 13.1 Å². The van der Waals surface area contributed by atoms with E-state index in [-0.39, 0.29) is 24.4 Å². The Hall–Kier alpha value is -2.86. The normalized spacial score (nSPS) is 10.8. The standard InChI is InChI=1S/C25H27BrN2O3/c1-19(2)28(25(30)21-10-12-22(26)13-11-21)18-24(29)27(17-23-9-6-16-31-23)15-14-20-7-4-3-5-8-20/h3-13,16,19H,14-15,17-18H2,1-2H3. The lowest BCUT2D eigenvalue weighted by Gasteiger charge is -2.30. The van der Waals surface area contributed by atoms with Crippen LogP contribution in [0.15, 0.2) is 81.9 Å². The van der Waals surface area contributed by atoms with Crippen LogP contribution in [0.5, 0.6) is 0 Å². The minimum Gasteiger partial charge on any atom is -0.467 e. The average Bonchev–Trinajstić information content (AvgIpc) is 3.28. The monoisotopic (exact) mass is 482 g/mol. The van der Waals surface area contributed by atoms with Crippen LogP contribution in [0, 0.1) is 0 Å². The summed E-state index contributed by atoms with van der Waals surface area (Å²) in [7, 11) is 0. The summed E-state index contributed by atoms with van der Waals surface area (Å²) < 4.78 is 6.37. The molecule has 1 heterocycles. The Morgan fingerprint density at radius 1 is 0.968 bits per heavy atom. The van der Waals surface area contributed by atoms with E-state index in [9.17, 15) is 9.59 Å². The summed E-state index contributed by atoms with van der Waals surface area (Å²) in [5, 5.41) is 0. The SMILES string of the molecule is CC(C)N(CC(=O)N(CCc1ccccc1)Cc1ccco1)C(=O)c1ccc(Br)cc1. The van der Waals surface area contributed by atoms with Gasteiger partial charge in [0.2, 0.25) is 5.91 Å². The van der Waals surface area contributed by atoms with Crippen molar-refractivity contribution in [3.05, 3.63) is 94.4 Å². The molecule has 2 amide bonds. The quantitative estimate of drug-likeness (QED) is 0.422. The van der Waals surface area contributed by atoms with Crippen molar-refractivity contribution in [2.24, 2.45) is 0 Å². The molecule has 162 valence electrons. The molecule has 5 nitrogen and oxygen atoms in total. The fourth-order valence-electron chi connectivity index (χ4n) is 3.28. The van der Waals surface area contributed by atoms with Crippen molar-refractivity contribution in [2.45, 2.75) is 32.9 Å². The third-order valence-corrected chi connectivity index (χ3v) is 5.60. The topological polar surface area (TPSA) is 53.8 Å². The maximum atomic E-state index is 13.3. The van der Waals surface area contributed by atoms with Crippen molar-refractivity contribution in [3.8, 4) is 0 Å². The van der Waals surface area contributed by atoms with E-state index in [4.69, 9.17) is 4.42 Å². The van der Waals surface area contributed by atoms with Crippen LogP contribution in [0.1, 0.15) is 35.5 Å². The molecule has 2 aromatic carbocycles. The van der Waals surface area contributed by atoms with Gasteiger partial charge in [0, 0.05) is 22.6 Å². The number of carbonyl (C=O) groups excluding carboxylic acids is 2. The van der Waals surface area contributed by atoms with E-state index in [1.165, 1.54) is 0 Å². The van der Waals surface area contributed by atoms with E-state index in [0.29, 0.717) is 18.7 Å². The number of nitrogens with zero attached hydrogens (tertiary/aromatic N) is 2. The molecule has 3 aromatic rings. The second kappa shape index (κ2) is 11.0. The molecule has 0 spiro atoms. The lowest BCUT2D eigenvalue weighted by atomic mass is 10.1. The molecular formula is C25H27BrN2O3. The highest BCUT2D eigenvalue weighted by Crippen LogP contribution is 2.15. The zero-order valence-electron chi connectivity index (χ0n) is 17.8. The van der Waals surface area contributed by atoms with Crippen LogP contribution >= 0.6 is 15.9 Å². The van der Waals surface area contributed by atoms with Gasteiger partial charge < -0.3 is 14.2 Å². The average molecular weight is 483 g/mol. The summed E-state index contributed by atoms with van der Waals surface area (Å²) in [5.74, 6) is 0.458. The van der Waals surface area contributed by atoms with Gasteiger partial charge in [-0.1, -0.05) is 46.3 Å². The van der Waals surface area contributed by atoms with Gasteiger partial charge in [0.15, 0.2) is 0 Å². The Morgan fingerprint density at radius 2 is 1.68 bits per heavy atom. The highest BCUT2D eigenvalue weighted by molar-refractivity contribution is 9.10. The first kappa shape index (κ1) is 22.8. The summed E-state index contributed by atoms with van der Waals surface area (Å²) in [5.41, 5.74) is 1.72. The fourth-order valence-corrected chi connectivity index (χ4v) is 3.55. The van der Waals surface area contributed by atoms with Crippen molar-refractivity contribution < 1.29 is 14.0 Å². The van der Waals surface area contributed by atoms with Crippen LogP contribution in [-0.2, 0) is 17.8 Å². The molecule has 1 aromatic heterocycles. The van der Waals surface area contributed by atoms with Crippen LogP contribution in [0.2, 0.25) is 0 Å². The maximum Gasteiger partial charge on any atom is 0.254 e. The van der Waals surface area contributed by atoms with Gasteiger partial charge in [-0.15, -0.1) is 0 Å². The Balaban J connectivity index is 1.74. The molecule has 0 aliphatic rings. The zero-order chi connectivity index (χ0) is 22.2. The molecule has 0 atom stereocenters. The Kier molecular flexibility index (Phi) is 8.06. The number of rotatable bonds is 9. The van der Waals surface area contributed by atoms with Gasteiger partial charge in [0.05, 0.1) is 12.8 Å². The van der Waals surface area contributed by atoms with E-state index >= 15 is 0 Å². The first-order valence-corrected chi connectivity index (χ1v) is 11.1. The van der Waals surface area contributed by atoms with Crippen LogP contribution in [-0.4, -0.2) is 40.7 Å². The first-order chi connectivity index (χ1) is 14.9. The van der Waals surface area contributed by atoms with Crippen molar-refractivity contribution in [1.82, 2.24) is 9.80 Å². The minimum absolute atomic E-state index is 0.0159. The number of hydrogen-bond donors (Lipinski definition) is 0. The minimum atomic E-state index is -0.156. The molecule has 0 aliphatic carbocycles. The largest absolute Gasteiger partial charge is 0.467 e. The van der Waals surface area contributed by atoms with Crippen molar-refractivity contribution >= 4 is 27.7 Å². The number of benzene rings is 2. The number of hydrogen-bond acceptors (Lipinski definition) is 3. The van der Waals surface area contributed by atoms with Crippen LogP contribution in [0.3, 0.4) is 0 Å². The number of amides is 2. The van der Waals surface area contributed by atoms with Crippen molar-refractivity contribution in [3.63, 3.8) is 0 Å². The molecule has 6 heteroatoms.